The van der Waals surface area contributed by atoms with Crippen LogP contribution in [-0.4, -0.2) is 38.7 Å². The Hall–Kier alpha value is -0.730. The number of nitrogens with one attached hydrogen (secondary N) is 2. The number of nitrogens with two attached hydrogens (primary N) is 1. The molecular formula is C9H19N3O3S2. The van der Waals surface area contributed by atoms with Gasteiger partial charge >= 0.3 is 0 Å². The lowest BCUT2D eigenvalue weighted by atomic mass is 9.86. The Morgan fingerprint density at radius 2 is 1.94 bits per heavy atom. The Bertz CT molecular complexity index is 394. The van der Waals surface area contributed by atoms with E-state index in [1.165, 1.54) is 0 Å². The molecule has 1 atom stereocenters. The van der Waals surface area contributed by atoms with Gasteiger partial charge in [0.05, 0.1) is 16.7 Å². The average Bonchev–Trinajstić information content (AvgIpc) is 2.21. The summed E-state index contributed by atoms with van der Waals surface area (Å²) in [7, 11) is -3.23. The fourth-order valence-corrected chi connectivity index (χ4v) is 1.76. The molecule has 0 fully saturated rings. The van der Waals surface area contributed by atoms with Gasteiger partial charge in [-0.25, -0.2) is 13.1 Å². The largest absolute Gasteiger partial charge is 0.392 e. The third kappa shape index (κ3) is 5.42. The summed E-state index contributed by atoms with van der Waals surface area (Å²) in [4.78, 5) is 11.9. The normalized spacial score (nSPS) is 15.0. The molecule has 4 N–H and O–H groups in total. The lowest BCUT2D eigenvalue weighted by molar-refractivity contribution is -0.126. The standard InChI is InChI=1S/C9H19N3O3S2/c1-4-9(2,7(10)16)8(13)11-5-6-12-17(3,14)15/h12H,4-6H2,1-3H3,(H2,10,16)(H,11,13). The van der Waals surface area contributed by atoms with E-state index in [0.717, 1.165) is 6.26 Å². The maximum absolute atomic E-state index is 11.8. The topological polar surface area (TPSA) is 101 Å². The number of sulfonamides is 1. The summed E-state index contributed by atoms with van der Waals surface area (Å²) in [5, 5.41) is 2.59. The molecule has 8 heteroatoms. The van der Waals surface area contributed by atoms with Crippen LogP contribution in [0.15, 0.2) is 0 Å². The van der Waals surface area contributed by atoms with E-state index in [0.29, 0.717) is 6.42 Å². The lowest BCUT2D eigenvalue weighted by Crippen LogP contribution is -2.48. The van der Waals surface area contributed by atoms with E-state index < -0.39 is 15.4 Å². The highest BCUT2D eigenvalue weighted by Gasteiger charge is 2.34. The Balaban J connectivity index is 4.23. The zero-order valence-corrected chi connectivity index (χ0v) is 11.9. The van der Waals surface area contributed by atoms with Crippen molar-refractivity contribution in [2.75, 3.05) is 19.3 Å². The number of hydrogen-bond acceptors (Lipinski definition) is 4. The highest BCUT2D eigenvalue weighted by molar-refractivity contribution is 7.88. The first-order valence-electron chi connectivity index (χ1n) is 5.16. The Kier molecular flexibility index (Phi) is 6.00. The second kappa shape index (κ2) is 6.27. The van der Waals surface area contributed by atoms with Crippen LogP contribution in [0.25, 0.3) is 0 Å². The van der Waals surface area contributed by atoms with Crippen molar-refractivity contribution in [3.8, 4) is 0 Å². The van der Waals surface area contributed by atoms with Gasteiger partial charge in [0.15, 0.2) is 0 Å². The van der Waals surface area contributed by atoms with Gasteiger partial charge in [-0.3, -0.25) is 4.79 Å². The molecule has 0 aromatic rings. The van der Waals surface area contributed by atoms with Crippen LogP contribution in [0.4, 0.5) is 0 Å². The van der Waals surface area contributed by atoms with Gasteiger partial charge in [-0.1, -0.05) is 19.1 Å². The summed E-state index contributed by atoms with van der Waals surface area (Å²) in [5.74, 6) is -0.289. The molecule has 100 valence electrons. The Morgan fingerprint density at radius 3 is 2.29 bits per heavy atom. The molecule has 17 heavy (non-hydrogen) atoms. The molecule has 0 heterocycles. The van der Waals surface area contributed by atoms with Crippen LogP contribution in [0, 0.1) is 5.41 Å². The summed E-state index contributed by atoms with van der Waals surface area (Å²) >= 11 is 4.85. The zero-order chi connectivity index (χ0) is 13.7. The van der Waals surface area contributed by atoms with Crippen LogP contribution in [0.2, 0.25) is 0 Å². The minimum atomic E-state index is -3.23. The van der Waals surface area contributed by atoms with Crippen LogP contribution >= 0.6 is 12.2 Å². The van der Waals surface area contributed by atoms with Gasteiger partial charge in [0.25, 0.3) is 0 Å². The molecule has 0 radical (unpaired) electrons. The summed E-state index contributed by atoms with van der Waals surface area (Å²) in [6.45, 7) is 3.81. The fraction of sp³-hybridized carbons (Fsp3) is 0.778. The molecule has 0 spiro atoms. The van der Waals surface area contributed by atoms with Gasteiger partial charge in [0.1, 0.15) is 0 Å². The van der Waals surface area contributed by atoms with Crippen LogP contribution in [0.3, 0.4) is 0 Å². The first-order valence-corrected chi connectivity index (χ1v) is 7.46. The van der Waals surface area contributed by atoms with Crippen molar-refractivity contribution in [2.24, 2.45) is 11.1 Å². The quantitative estimate of drug-likeness (QED) is 0.425. The van der Waals surface area contributed by atoms with Crippen molar-refractivity contribution in [3.05, 3.63) is 0 Å². The highest BCUT2D eigenvalue weighted by Crippen LogP contribution is 2.21. The molecule has 1 unspecified atom stereocenters. The highest BCUT2D eigenvalue weighted by atomic mass is 32.2. The molecule has 0 bridgehead atoms. The lowest BCUT2D eigenvalue weighted by Gasteiger charge is -2.25. The summed E-state index contributed by atoms with van der Waals surface area (Å²) in [6, 6.07) is 0. The van der Waals surface area contributed by atoms with Crippen LogP contribution in [0.5, 0.6) is 0 Å². The third-order valence-corrected chi connectivity index (χ3v) is 3.71. The van der Waals surface area contributed by atoms with Crippen molar-refractivity contribution in [2.45, 2.75) is 20.3 Å². The number of hydrogen-bond donors (Lipinski definition) is 3. The van der Waals surface area contributed by atoms with Crippen molar-refractivity contribution in [1.29, 1.82) is 0 Å². The summed E-state index contributed by atoms with van der Waals surface area (Å²) in [5.41, 5.74) is 4.63. The smallest absolute Gasteiger partial charge is 0.232 e. The van der Waals surface area contributed by atoms with Crippen molar-refractivity contribution in [3.63, 3.8) is 0 Å². The molecule has 0 saturated heterocycles. The maximum atomic E-state index is 11.8. The van der Waals surface area contributed by atoms with Gasteiger partial charge < -0.3 is 11.1 Å². The molecule has 0 aromatic carbocycles. The van der Waals surface area contributed by atoms with E-state index in [1.54, 1.807) is 6.92 Å². The van der Waals surface area contributed by atoms with Gasteiger partial charge in [-0.2, -0.15) is 0 Å². The molecule has 0 aliphatic rings. The van der Waals surface area contributed by atoms with Gasteiger partial charge in [-0.15, -0.1) is 0 Å². The number of carbonyl (C=O) groups excluding carboxylic acids is 1. The van der Waals surface area contributed by atoms with E-state index in [9.17, 15) is 13.2 Å². The minimum Gasteiger partial charge on any atom is -0.392 e. The Labute approximate surface area is 107 Å². The number of amides is 1. The van der Waals surface area contributed by atoms with E-state index in [-0.39, 0.29) is 24.0 Å². The number of carbonyl (C=O) groups is 1. The monoisotopic (exact) mass is 281 g/mol. The maximum Gasteiger partial charge on any atom is 0.232 e. The van der Waals surface area contributed by atoms with Crippen molar-refractivity contribution >= 4 is 33.1 Å². The van der Waals surface area contributed by atoms with Gasteiger partial charge in [-0.05, 0) is 13.3 Å². The number of rotatable bonds is 7. The van der Waals surface area contributed by atoms with Crippen LogP contribution < -0.4 is 15.8 Å². The van der Waals surface area contributed by atoms with E-state index >= 15 is 0 Å². The predicted octanol–water partition coefficient (Wildman–Crippen LogP) is -0.646. The average molecular weight is 281 g/mol. The first kappa shape index (κ1) is 16.3. The third-order valence-electron chi connectivity index (χ3n) is 2.53. The molecule has 1 amide bonds. The van der Waals surface area contributed by atoms with E-state index in [1.807, 2.05) is 6.92 Å². The van der Waals surface area contributed by atoms with Gasteiger partial charge in [0, 0.05) is 13.1 Å². The van der Waals surface area contributed by atoms with E-state index in [2.05, 4.69) is 10.0 Å². The van der Waals surface area contributed by atoms with Crippen LogP contribution in [-0.2, 0) is 14.8 Å². The van der Waals surface area contributed by atoms with E-state index in [4.69, 9.17) is 18.0 Å². The Morgan fingerprint density at radius 1 is 1.41 bits per heavy atom. The predicted molar refractivity (Wildman–Crippen MR) is 71.0 cm³/mol. The molecule has 0 rings (SSSR count). The fourth-order valence-electron chi connectivity index (χ4n) is 1.05. The van der Waals surface area contributed by atoms with Crippen molar-refractivity contribution in [1.82, 2.24) is 10.0 Å². The van der Waals surface area contributed by atoms with Gasteiger partial charge in [0.2, 0.25) is 15.9 Å². The zero-order valence-electron chi connectivity index (χ0n) is 10.2. The van der Waals surface area contributed by atoms with Crippen LogP contribution in [0.1, 0.15) is 20.3 Å². The molecule has 0 aromatic heterocycles. The molecule has 0 aliphatic heterocycles. The second-order valence-corrected chi connectivity index (χ2v) is 6.25. The summed E-state index contributed by atoms with van der Waals surface area (Å²) in [6.07, 6.45) is 1.55. The molecule has 6 nitrogen and oxygen atoms in total. The number of thiocarbonyl (C=S) groups is 1. The second-order valence-electron chi connectivity index (χ2n) is 3.97. The molecule has 0 saturated carbocycles. The molecular weight excluding hydrogens is 262 g/mol. The SMILES string of the molecule is CCC(C)(C(=O)NCCNS(C)(=O)=O)C(N)=S. The molecule has 0 aliphatic carbocycles. The first-order chi connectivity index (χ1) is 7.63. The minimum absolute atomic E-state index is 0.133. The van der Waals surface area contributed by atoms with Crippen molar-refractivity contribution < 1.29 is 13.2 Å². The summed E-state index contributed by atoms with van der Waals surface area (Å²) < 4.78 is 23.8.